The van der Waals surface area contributed by atoms with Crippen LogP contribution in [0.5, 0.6) is 0 Å². The van der Waals surface area contributed by atoms with Crippen LogP contribution in [0.3, 0.4) is 0 Å². The molecule has 2 rings (SSSR count). The summed E-state index contributed by atoms with van der Waals surface area (Å²) < 4.78 is 13.4. The molecule has 0 fully saturated rings. The average Bonchev–Trinajstić information content (AvgIpc) is 2.69. The van der Waals surface area contributed by atoms with Crippen LogP contribution in [0, 0.1) is 12.7 Å². The molecule has 0 unspecified atom stereocenters. The van der Waals surface area contributed by atoms with Crippen LogP contribution in [0.1, 0.15) is 15.4 Å². The molecule has 1 N–H and O–H groups in total. The molecular weight excluding hydrogens is 259 g/mol. The topological polar surface area (TPSA) is 24.9 Å². The third-order valence-electron chi connectivity index (χ3n) is 2.33. The Bertz CT molecular complexity index is 493. The van der Waals surface area contributed by atoms with E-state index in [0.29, 0.717) is 23.7 Å². The summed E-state index contributed by atoms with van der Waals surface area (Å²) in [6.07, 6.45) is 1.83. The highest BCUT2D eigenvalue weighted by atomic mass is 35.5. The molecule has 0 aliphatic rings. The van der Waals surface area contributed by atoms with Crippen molar-refractivity contribution in [1.29, 1.82) is 0 Å². The van der Waals surface area contributed by atoms with Gasteiger partial charge in [0.05, 0.1) is 5.01 Å². The monoisotopic (exact) mass is 270 g/mol. The van der Waals surface area contributed by atoms with Gasteiger partial charge in [0, 0.05) is 34.7 Å². The van der Waals surface area contributed by atoms with Gasteiger partial charge in [-0.15, -0.1) is 11.3 Å². The molecule has 0 saturated heterocycles. The summed E-state index contributed by atoms with van der Waals surface area (Å²) in [6.45, 7) is 3.06. The number of aromatic nitrogens is 1. The summed E-state index contributed by atoms with van der Waals surface area (Å²) in [4.78, 5) is 5.29. The van der Waals surface area contributed by atoms with Crippen molar-refractivity contribution in [2.24, 2.45) is 0 Å². The van der Waals surface area contributed by atoms with E-state index < -0.39 is 0 Å². The zero-order valence-electron chi connectivity index (χ0n) is 9.34. The van der Waals surface area contributed by atoms with Crippen LogP contribution in [0.4, 0.5) is 4.39 Å². The molecule has 1 aromatic carbocycles. The van der Waals surface area contributed by atoms with Crippen LogP contribution in [0.15, 0.2) is 24.4 Å². The fraction of sp³-hybridized carbons (Fsp3) is 0.250. The van der Waals surface area contributed by atoms with Crippen LogP contribution in [0.25, 0.3) is 0 Å². The largest absolute Gasteiger partial charge is 0.308 e. The highest BCUT2D eigenvalue weighted by Crippen LogP contribution is 2.19. The van der Waals surface area contributed by atoms with Gasteiger partial charge in [-0.05, 0) is 19.1 Å². The first-order valence-electron chi connectivity index (χ1n) is 5.21. The quantitative estimate of drug-likeness (QED) is 0.919. The van der Waals surface area contributed by atoms with Gasteiger partial charge in [0.15, 0.2) is 0 Å². The number of nitrogens with one attached hydrogen (secondary N) is 1. The first kappa shape index (κ1) is 12.5. The number of nitrogens with zero attached hydrogens (tertiary/aromatic N) is 1. The molecule has 0 aliphatic heterocycles. The molecule has 1 aromatic heterocycles. The minimum absolute atomic E-state index is 0.273. The van der Waals surface area contributed by atoms with Gasteiger partial charge in [0.1, 0.15) is 5.82 Å². The standard InChI is InChI=1S/C12H12ClFN2S/c1-8-16-6-9(17-8)5-15-7-10-11(13)3-2-4-12(10)14/h2-4,6,15H,5,7H2,1H3. The first-order valence-corrected chi connectivity index (χ1v) is 6.41. The van der Waals surface area contributed by atoms with E-state index >= 15 is 0 Å². The van der Waals surface area contributed by atoms with Crippen molar-refractivity contribution >= 4 is 22.9 Å². The summed E-state index contributed by atoms with van der Waals surface area (Å²) in [7, 11) is 0. The number of halogens is 2. The van der Waals surface area contributed by atoms with Crippen LogP contribution < -0.4 is 5.32 Å². The van der Waals surface area contributed by atoms with Gasteiger partial charge in [-0.1, -0.05) is 17.7 Å². The maximum Gasteiger partial charge on any atom is 0.129 e. The van der Waals surface area contributed by atoms with Gasteiger partial charge >= 0.3 is 0 Å². The lowest BCUT2D eigenvalue weighted by atomic mass is 10.2. The first-order chi connectivity index (χ1) is 8.16. The third kappa shape index (κ3) is 3.25. The Morgan fingerprint density at radius 1 is 1.41 bits per heavy atom. The van der Waals surface area contributed by atoms with Crippen molar-refractivity contribution in [2.75, 3.05) is 0 Å². The van der Waals surface area contributed by atoms with Crippen molar-refractivity contribution in [2.45, 2.75) is 20.0 Å². The second kappa shape index (κ2) is 5.58. The van der Waals surface area contributed by atoms with Crippen LogP contribution >= 0.6 is 22.9 Å². The molecule has 0 atom stereocenters. The van der Waals surface area contributed by atoms with Crippen molar-refractivity contribution in [3.05, 3.63) is 50.7 Å². The molecule has 0 spiro atoms. The lowest BCUT2D eigenvalue weighted by molar-refractivity contribution is 0.589. The Labute approximate surface area is 108 Å². The van der Waals surface area contributed by atoms with Gasteiger partial charge in [-0.3, -0.25) is 0 Å². The maximum atomic E-state index is 13.4. The molecular formula is C12H12ClFN2S. The second-order valence-electron chi connectivity index (χ2n) is 3.65. The number of rotatable bonds is 4. The second-order valence-corrected chi connectivity index (χ2v) is 5.38. The predicted molar refractivity (Wildman–Crippen MR) is 68.8 cm³/mol. The number of hydrogen-bond donors (Lipinski definition) is 1. The minimum Gasteiger partial charge on any atom is -0.308 e. The summed E-state index contributed by atoms with van der Waals surface area (Å²) in [5, 5.41) is 4.65. The minimum atomic E-state index is -0.273. The van der Waals surface area contributed by atoms with E-state index in [-0.39, 0.29) is 5.82 Å². The smallest absolute Gasteiger partial charge is 0.129 e. The Balaban J connectivity index is 1.94. The summed E-state index contributed by atoms with van der Waals surface area (Å²) >= 11 is 7.56. The Morgan fingerprint density at radius 3 is 2.88 bits per heavy atom. The fourth-order valence-electron chi connectivity index (χ4n) is 1.50. The maximum absolute atomic E-state index is 13.4. The number of hydrogen-bond acceptors (Lipinski definition) is 3. The van der Waals surface area contributed by atoms with Crippen LogP contribution in [0.2, 0.25) is 5.02 Å². The number of thiazole rings is 1. The van der Waals surface area contributed by atoms with Crippen molar-refractivity contribution < 1.29 is 4.39 Å². The molecule has 0 aliphatic carbocycles. The number of aryl methyl sites for hydroxylation is 1. The normalized spacial score (nSPS) is 10.8. The van der Waals surface area contributed by atoms with Crippen molar-refractivity contribution in [3.63, 3.8) is 0 Å². The van der Waals surface area contributed by atoms with E-state index in [2.05, 4.69) is 10.3 Å². The van der Waals surface area contributed by atoms with Gasteiger partial charge < -0.3 is 5.32 Å². The van der Waals surface area contributed by atoms with E-state index in [1.165, 1.54) is 6.07 Å². The molecule has 2 aromatic rings. The molecule has 5 heteroatoms. The van der Waals surface area contributed by atoms with Gasteiger partial charge in [0.25, 0.3) is 0 Å². The van der Waals surface area contributed by atoms with E-state index in [1.54, 1.807) is 23.5 Å². The zero-order valence-corrected chi connectivity index (χ0v) is 10.9. The summed E-state index contributed by atoms with van der Waals surface area (Å²) in [5.74, 6) is -0.273. The molecule has 0 saturated carbocycles. The fourth-order valence-corrected chi connectivity index (χ4v) is 2.49. The van der Waals surface area contributed by atoms with Crippen molar-refractivity contribution in [3.8, 4) is 0 Å². The SMILES string of the molecule is Cc1ncc(CNCc2c(F)cccc2Cl)s1. The summed E-state index contributed by atoms with van der Waals surface area (Å²) in [6, 6.07) is 4.71. The van der Waals surface area contributed by atoms with Crippen LogP contribution in [-0.4, -0.2) is 4.98 Å². The molecule has 90 valence electrons. The van der Waals surface area contributed by atoms with Gasteiger partial charge in [-0.25, -0.2) is 9.37 Å². The van der Waals surface area contributed by atoms with Crippen LogP contribution in [-0.2, 0) is 13.1 Å². The van der Waals surface area contributed by atoms with Crippen molar-refractivity contribution in [1.82, 2.24) is 10.3 Å². The molecule has 17 heavy (non-hydrogen) atoms. The molecule has 0 radical (unpaired) electrons. The lowest BCUT2D eigenvalue weighted by Gasteiger charge is -2.06. The lowest BCUT2D eigenvalue weighted by Crippen LogP contribution is -2.13. The Morgan fingerprint density at radius 2 is 2.24 bits per heavy atom. The van der Waals surface area contributed by atoms with E-state index in [1.807, 2.05) is 13.1 Å². The van der Waals surface area contributed by atoms with Gasteiger partial charge in [0.2, 0.25) is 0 Å². The third-order valence-corrected chi connectivity index (χ3v) is 3.60. The van der Waals surface area contributed by atoms with E-state index in [4.69, 9.17) is 11.6 Å². The Hall–Kier alpha value is -0.970. The van der Waals surface area contributed by atoms with E-state index in [0.717, 1.165) is 9.88 Å². The number of benzene rings is 1. The Kier molecular flexibility index (Phi) is 4.10. The molecule has 2 nitrogen and oxygen atoms in total. The van der Waals surface area contributed by atoms with Gasteiger partial charge in [-0.2, -0.15) is 0 Å². The molecule has 0 amide bonds. The van der Waals surface area contributed by atoms with E-state index in [9.17, 15) is 4.39 Å². The zero-order chi connectivity index (χ0) is 12.3. The summed E-state index contributed by atoms with van der Waals surface area (Å²) in [5.41, 5.74) is 0.510. The molecule has 1 heterocycles. The highest BCUT2D eigenvalue weighted by Gasteiger charge is 2.06. The molecule has 0 bridgehead atoms. The average molecular weight is 271 g/mol. The predicted octanol–water partition coefficient (Wildman–Crippen LogP) is 3.53. The highest BCUT2D eigenvalue weighted by molar-refractivity contribution is 7.11.